The Balaban J connectivity index is 1.96. The third-order valence-corrected chi connectivity index (χ3v) is 11.1. The van der Waals surface area contributed by atoms with E-state index in [1.165, 1.54) is 12.1 Å². The fourth-order valence-electron chi connectivity index (χ4n) is 5.96. The molecule has 0 fully saturated rings. The van der Waals surface area contributed by atoms with E-state index in [9.17, 15) is 26.2 Å². The van der Waals surface area contributed by atoms with Gasteiger partial charge in [-0.25, -0.2) is 17.7 Å². The van der Waals surface area contributed by atoms with Crippen LogP contribution in [0.2, 0.25) is 0 Å². The van der Waals surface area contributed by atoms with Gasteiger partial charge in [0.2, 0.25) is 15.4 Å². The van der Waals surface area contributed by atoms with Crippen molar-refractivity contribution in [2.24, 2.45) is 16.5 Å². The lowest BCUT2D eigenvalue weighted by Gasteiger charge is -2.23. The van der Waals surface area contributed by atoms with Crippen LogP contribution in [0.15, 0.2) is 73.8 Å². The van der Waals surface area contributed by atoms with Crippen LogP contribution in [0.25, 0.3) is 33.4 Å². The number of hydrogen-bond donors (Lipinski definition) is 4. The van der Waals surface area contributed by atoms with Gasteiger partial charge in [0.1, 0.15) is 29.3 Å². The topological polar surface area (TPSA) is 201 Å². The van der Waals surface area contributed by atoms with Gasteiger partial charge in [-0.1, -0.05) is 6.07 Å². The Kier molecular flexibility index (Phi) is 12.7. The molecular weight excluding hydrogens is 704 g/mol. The van der Waals surface area contributed by atoms with Crippen molar-refractivity contribution in [2.45, 2.75) is 56.4 Å². The van der Waals surface area contributed by atoms with E-state index in [0.717, 1.165) is 43.3 Å². The molecule has 6 N–H and O–H groups in total. The molecule has 1 unspecified atom stereocenters. The molecule has 16 heteroatoms. The van der Waals surface area contributed by atoms with Gasteiger partial charge >= 0.3 is 0 Å². The Labute approximate surface area is 297 Å². The first-order chi connectivity index (χ1) is 23.7. The lowest BCUT2D eigenvalue weighted by molar-refractivity contribution is -0.118. The first-order valence-electron chi connectivity index (χ1n) is 16.3. The molecule has 0 bridgehead atoms. The number of ketones is 1. The maximum absolute atomic E-state index is 13.6. The van der Waals surface area contributed by atoms with Gasteiger partial charge < -0.3 is 20.8 Å². The average Bonchev–Trinajstić information content (AvgIpc) is 3.08. The highest BCUT2D eigenvalue weighted by molar-refractivity contribution is 7.89. The molecule has 2 aromatic rings. The van der Waals surface area contributed by atoms with E-state index in [0.29, 0.717) is 27.9 Å². The smallest absolute Gasteiger partial charge is 0.295 e. The molecule has 1 aliphatic heterocycles. The zero-order chi connectivity index (χ0) is 36.8. The summed E-state index contributed by atoms with van der Waals surface area (Å²) in [6, 6.07) is 13.4. The molecule has 50 heavy (non-hydrogen) atoms. The summed E-state index contributed by atoms with van der Waals surface area (Å²) in [5, 5.41) is 1.45. The summed E-state index contributed by atoms with van der Waals surface area (Å²) in [7, 11) is -9.50. The third kappa shape index (κ3) is 8.64. The molecule has 0 radical (unpaired) electrons. The Morgan fingerprint density at radius 2 is 1.66 bits per heavy atom. The van der Waals surface area contributed by atoms with Crippen molar-refractivity contribution in [3.05, 3.63) is 60.0 Å². The maximum atomic E-state index is 13.6. The Morgan fingerprint density at radius 3 is 2.26 bits per heavy atom. The van der Waals surface area contributed by atoms with E-state index in [4.69, 9.17) is 27.5 Å². The molecule has 0 saturated carbocycles. The molecule has 2 aliphatic rings. The number of fused-ring (bicyclic) bond motifs is 2. The van der Waals surface area contributed by atoms with E-state index < -0.39 is 47.6 Å². The van der Waals surface area contributed by atoms with Gasteiger partial charge in [0, 0.05) is 59.5 Å². The molecule has 0 spiro atoms. The van der Waals surface area contributed by atoms with Crippen molar-refractivity contribution in [3.8, 4) is 22.5 Å². The van der Waals surface area contributed by atoms with Gasteiger partial charge in [-0.2, -0.15) is 8.42 Å². The van der Waals surface area contributed by atoms with E-state index >= 15 is 0 Å². The number of rotatable bonds is 16. The first-order valence-corrected chi connectivity index (χ1v) is 19.8. The number of aliphatic imine (C=N–C) groups is 1. The quantitative estimate of drug-likeness (QED) is 0.0250. The summed E-state index contributed by atoms with van der Waals surface area (Å²) in [6.45, 7) is 11.3. The van der Waals surface area contributed by atoms with Crippen LogP contribution in [-0.2, 0) is 24.9 Å². The Hall–Kier alpha value is -4.02. The fourth-order valence-corrected chi connectivity index (χ4v) is 8.22. The van der Waals surface area contributed by atoms with Crippen LogP contribution in [-0.4, -0.2) is 77.8 Å². The molecule has 0 aromatic heterocycles. The Morgan fingerprint density at radius 1 is 0.980 bits per heavy atom. The third-order valence-electron chi connectivity index (χ3n) is 8.52. The molecule has 1 atom stereocenters. The van der Waals surface area contributed by atoms with Crippen molar-refractivity contribution < 1.29 is 30.6 Å². The second-order valence-electron chi connectivity index (χ2n) is 11.5. The summed E-state index contributed by atoms with van der Waals surface area (Å²) in [6.07, 6.45) is 0.287. The first kappa shape index (κ1) is 38.8. The summed E-state index contributed by atoms with van der Waals surface area (Å²) in [5.41, 5.74) is 13.1. The summed E-state index contributed by atoms with van der Waals surface area (Å²) in [4.78, 5) is 17.5. The van der Waals surface area contributed by atoms with Crippen LogP contribution in [0.1, 0.15) is 40.5 Å². The van der Waals surface area contributed by atoms with Crippen LogP contribution in [0, 0.1) is 0 Å². The van der Waals surface area contributed by atoms with Crippen LogP contribution < -0.4 is 31.0 Å². The van der Waals surface area contributed by atoms with Crippen LogP contribution in [0.4, 0.5) is 5.69 Å². The van der Waals surface area contributed by atoms with Crippen molar-refractivity contribution >= 4 is 60.1 Å². The molecule has 270 valence electrons. The number of nitrogens with zero attached hydrogens (tertiary/aromatic N) is 3. The van der Waals surface area contributed by atoms with Gasteiger partial charge in [0.05, 0.1) is 22.9 Å². The lowest BCUT2D eigenvalue weighted by Crippen LogP contribution is -2.41. The zero-order valence-corrected chi connectivity index (χ0v) is 30.9. The predicted molar refractivity (Wildman–Crippen MR) is 198 cm³/mol. The van der Waals surface area contributed by atoms with E-state index in [1.54, 1.807) is 0 Å². The molecular formula is C34H44ClN6O7S2+. The van der Waals surface area contributed by atoms with Gasteiger partial charge in [-0.05, 0) is 70.9 Å². The second kappa shape index (κ2) is 16.3. The highest BCUT2D eigenvalue weighted by atomic mass is 35.5. The molecule has 0 saturated heterocycles. The number of benzene rings is 3. The van der Waals surface area contributed by atoms with E-state index in [-0.39, 0.29) is 30.9 Å². The molecule has 13 nitrogen and oxygen atoms in total. The number of anilines is 1. The van der Waals surface area contributed by atoms with Gasteiger partial charge in [-0.15, -0.1) is 11.6 Å². The van der Waals surface area contributed by atoms with Crippen LogP contribution >= 0.6 is 11.6 Å². The summed E-state index contributed by atoms with van der Waals surface area (Å²) < 4.78 is 74.7. The highest BCUT2D eigenvalue weighted by Gasteiger charge is 2.29. The van der Waals surface area contributed by atoms with Gasteiger partial charge in [-0.3, -0.25) is 14.3 Å². The minimum absolute atomic E-state index is 0.0290. The van der Waals surface area contributed by atoms with Crippen LogP contribution in [0.5, 0.6) is 0 Å². The molecule has 1 heterocycles. The molecule has 2 aromatic carbocycles. The molecule has 0 amide bonds. The normalized spacial score (nSPS) is 12.6. The number of hydrogen-bond acceptors (Lipinski definition) is 8. The number of guanidine groups is 1. The summed E-state index contributed by atoms with van der Waals surface area (Å²) in [5.74, 6) is -0.734. The SMILES string of the molecule is CCN(CC)c1ccc2c(-c3ccc(S(=O)(=O)NC(CCCN=C(N)N)C(=O)CCl)cc3S(=O)(=O)O)c3ccc(=[N+](CC)CC)cc-3oc2c1. The number of alkyl halides is 1. The number of Topliss-reactive ketones (excluding diaryl/α,β-unsaturated/α-hetero) is 1. The standard InChI is InChI=1S/C34H43ClN6O7S2/c1-5-40(6-2)22-11-14-25-30(18-22)48-31-19-23(41(7-3)8-4)12-15-26(31)33(25)27-16-13-24(20-32(27)50(45,46)47)49(43,44)39-28(29(42)21-35)10-9-17-38-34(36)37/h11-16,18-20,28,39H,5-10,17,21H2,1-4H3,(H4-,36,37,38,45,46,47)/p+1. The number of nitrogens with two attached hydrogens (primary N) is 2. The number of sulfonamides is 1. The minimum atomic E-state index is -5.00. The van der Waals surface area contributed by atoms with E-state index in [1.807, 2.05) is 64.1 Å². The summed E-state index contributed by atoms with van der Waals surface area (Å²) >= 11 is 5.76. The zero-order valence-electron chi connectivity index (χ0n) is 28.5. The predicted octanol–water partition coefficient (Wildman–Crippen LogP) is 3.62. The average molecular weight is 748 g/mol. The van der Waals surface area contributed by atoms with Crippen molar-refractivity contribution in [2.75, 3.05) is 43.5 Å². The van der Waals surface area contributed by atoms with Crippen molar-refractivity contribution in [1.82, 2.24) is 9.30 Å². The number of carbonyl (C=O) groups excluding carboxylic acids is 1. The maximum Gasteiger partial charge on any atom is 0.295 e. The van der Waals surface area contributed by atoms with Crippen LogP contribution in [0.3, 0.4) is 0 Å². The monoisotopic (exact) mass is 747 g/mol. The number of halogens is 1. The molecule has 4 rings (SSSR count). The second-order valence-corrected chi connectivity index (χ2v) is 14.9. The molecule has 1 aliphatic carbocycles. The number of nitrogens with one attached hydrogen (secondary N) is 1. The minimum Gasteiger partial charge on any atom is -0.456 e. The van der Waals surface area contributed by atoms with Gasteiger partial charge in [0.25, 0.3) is 10.1 Å². The van der Waals surface area contributed by atoms with Crippen molar-refractivity contribution in [1.29, 1.82) is 0 Å². The van der Waals surface area contributed by atoms with Gasteiger partial charge in [0.15, 0.2) is 11.7 Å². The fraction of sp³-hybridized carbons (Fsp3) is 0.382. The van der Waals surface area contributed by atoms with Crippen molar-refractivity contribution in [3.63, 3.8) is 0 Å². The largest absolute Gasteiger partial charge is 0.456 e. The van der Waals surface area contributed by atoms with E-state index in [2.05, 4.69) is 19.2 Å². The highest BCUT2D eigenvalue weighted by Crippen LogP contribution is 2.43. The Bertz CT molecular complexity index is 2150. The number of carbonyl (C=O) groups is 1. The lowest BCUT2D eigenvalue weighted by atomic mass is 9.93.